The number of aromatic hydroxyl groups is 1. The smallest absolute Gasteiger partial charge is 0.222 e. The van der Waals surface area contributed by atoms with E-state index in [1.165, 1.54) is 0 Å². The highest BCUT2D eigenvalue weighted by molar-refractivity contribution is 6.32. The van der Waals surface area contributed by atoms with Gasteiger partial charge in [0.1, 0.15) is 5.75 Å². The summed E-state index contributed by atoms with van der Waals surface area (Å²) in [4.78, 5) is 13.8. The molecule has 1 aliphatic rings. The summed E-state index contributed by atoms with van der Waals surface area (Å²) in [7, 11) is 1.68. The molecule has 1 aromatic rings. The molecule has 1 saturated heterocycles. The maximum Gasteiger partial charge on any atom is 0.222 e. The Morgan fingerprint density at radius 2 is 2.16 bits per heavy atom. The molecule has 104 valence electrons. The normalized spacial score (nSPS) is 17.4. The van der Waals surface area contributed by atoms with Crippen LogP contribution >= 0.6 is 11.6 Å². The predicted molar refractivity (Wildman–Crippen MR) is 75.2 cm³/mol. The van der Waals surface area contributed by atoms with Crippen molar-refractivity contribution in [2.45, 2.75) is 19.4 Å². The molecule has 0 atom stereocenters. The van der Waals surface area contributed by atoms with Crippen LogP contribution in [0.25, 0.3) is 0 Å². The number of phenols is 1. The van der Waals surface area contributed by atoms with Crippen molar-refractivity contribution in [2.24, 2.45) is 5.92 Å². The van der Waals surface area contributed by atoms with Crippen LogP contribution in [0.4, 0.5) is 0 Å². The minimum absolute atomic E-state index is 0.120. The quantitative estimate of drug-likeness (QED) is 0.892. The number of likely N-dealkylation sites (tertiary alicyclic amines) is 1. The van der Waals surface area contributed by atoms with E-state index in [9.17, 15) is 9.90 Å². The molecule has 1 aromatic carbocycles. The molecule has 0 bridgehead atoms. The van der Waals surface area contributed by atoms with Crippen molar-refractivity contribution >= 4 is 17.5 Å². The molecule has 1 fully saturated rings. The largest absolute Gasteiger partial charge is 0.506 e. The molecule has 0 spiro atoms. The molecule has 1 aliphatic heterocycles. The fraction of sp³-hybridized carbons (Fsp3) is 0.500. The number of halogens is 1. The van der Waals surface area contributed by atoms with Gasteiger partial charge in [-0.3, -0.25) is 9.69 Å². The van der Waals surface area contributed by atoms with Gasteiger partial charge < -0.3 is 10.4 Å². The molecule has 2 N–H and O–H groups in total. The first kappa shape index (κ1) is 14.2. The summed E-state index contributed by atoms with van der Waals surface area (Å²) in [5, 5.41) is 13.0. The number of nitrogens with zero attached hydrogens (tertiary/aromatic N) is 1. The van der Waals surface area contributed by atoms with Crippen LogP contribution in [0.1, 0.15) is 18.4 Å². The molecule has 4 nitrogen and oxygen atoms in total. The lowest BCUT2D eigenvalue weighted by molar-refractivity contribution is -0.125. The number of carbonyl (C=O) groups is 1. The van der Waals surface area contributed by atoms with Gasteiger partial charge in [0.05, 0.1) is 5.02 Å². The zero-order valence-electron chi connectivity index (χ0n) is 11.0. The van der Waals surface area contributed by atoms with Gasteiger partial charge in [-0.2, -0.15) is 0 Å². The molecule has 0 aromatic heterocycles. The monoisotopic (exact) mass is 282 g/mol. The molecule has 0 saturated carbocycles. The maximum absolute atomic E-state index is 11.5. The number of benzene rings is 1. The molecule has 5 heteroatoms. The SMILES string of the molecule is CNC(=O)C1CCN(Cc2cccc(Cl)c2O)CC1. The van der Waals surface area contributed by atoms with Crippen molar-refractivity contribution < 1.29 is 9.90 Å². The molecule has 1 heterocycles. The summed E-state index contributed by atoms with van der Waals surface area (Å²) in [6.07, 6.45) is 1.72. The van der Waals surface area contributed by atoms with E-state index in [1.807, 2.05) is 12.1 Å². The standard InChI is InChI=1S/C14H19ClN2O2/c1-16-14(19)10-5-7-17(8-6-10)9-11-3-2-4-12(15)13(11)18/h2-4,10,18H,5-9H2,1H3,(H,16,19). The minimum Gasteiger partial charge on any atom is -0.506 e. The second-order valence-corrected chi connectivity index (χ2v) is 5.32. The lowest BCUT2D eigenvalue weighted by Crippen LogP contribution is -2.39. The van der Waals surface area contributed by atoms with E-state index < -0.39 is 0 Å². The lowest BCUT2D eigenvalue weighted by Gasteiger charge is -2.31. The van der Waals surface area contributed by atoms with E-state index in [1.54, 1.807) is 13.1 Å². The molecule has 2 rings (SSSR count). The van der Waals surface area contributed by atoms with E-state index in [-0.39, 0.29) is 17.6 Å². The highest BCUT2D eigenvalue weighted by atomic mass is 35.5. The molecular weight excluding hydrogens is 264 g/mol. The number of hydrogen-bond acceptors (Lipinski definition) is 3. The number of piperidine rings is 1. The number of carbonyl (C=O) groups excluding carboxylic acids is 1. The Morgan fingerprint density at radius 1 is 1.47 bits per heavy atom. The van der Waals surface area contributed by atoms with Crippen LogP contribution in [-0.2, 0) is 11.3 Å². The highest BCUT2D eigenvalue weighted by Crippen LogP contribution is 2.29. The van der Waals surface area contributed by atoms with Gasteiger partial charge in [-0.25, -0.2) is 0 Å². The first-order valence-electron chi connectivity index (χ1n) is 6.52. The van der Waals surface area contributed by atoms with E-state index in [4.69, 9.17) is 11.6 Å². The third-order valence-corrected chi connectivity index (χ3v) is 3.97. The van der Waals surface area contributed by atoms with Crippen LogP contribution in [0.2, 0.25) is 5.02 Å². The van der Waals surface area contributed by atoms with Gasteiger partial charge >= 0.3 is 0 Å². The Morgan fingerprint density at radius 3 is 2.79 bits per heavy atom. The number of hydrogen-bond donors (Lipinski definition) is 2. The van der Waals surface area contributed by atoms with Gasteiger partial charge in [-0.15, -0.1) is 0 Å². The second-order valence-electron chi connectivity index (χ2n) is 4.91. The molecule has 0 unspecified atom stereocenters. The average Bonchev–Trinajstić information content (AvgIpc) is 2.44. The maximum atomic E-state index is 11.5. The van der Waals surface area contributed by atoms with Crippen LogP contribution in [0.15, 0.2) is 18.2 Å². The lowest BCUT2D eigenvalue weighted by atomic mass is 9.95. The first-order valence-corrected chi connectivity index (χ1v) is 6.90. The number of rotatable bonds is 3. The summed E-state index contributed by atoms with van der Waals surface area (Å²) < 4.78 is 0. The second kappa shape index (κ2) is 6.26. The number of amides is 1. The fourth-order valence-electron chi connectivity index (χ4n) is 2.49. The predicted octanol–water partition coefficient (Wildman–Crippen LogP) is 2.00. The van der Waals surface area contributed by atoms with Crippen molar-refractivity contribution in [3.63, 3.8) is 0 Å². The van der Waals surface area contributed by atoms with E-state index in [0.29, 0.717) is 11.6 Å². The van der Waals surface area contributed by atoms with E-state index in [2.05, 4.69) is 10.2 Å². The Bertz CT molecular complexity index is 457. The van der Waals surface area contributed by atoms with Gasteiger partial charge in [0.15, 0.2) is 0 Å². The Balaban J connectivity index is 1.92. The zero-order chi connectivity index (χ0) is 13.8. The van der Waals surface area contributed by atoms with Crippen molar-refractivity contribution in [3.05, 3.63) is 28.8 Å². The van der Waals surface area contributed by atoms with Crippen molar-refractivity contribution in [2.75, 3.05) is 20.1 Å². The summed E-state index contributed by atoms with van der Waals surface area (Å²) in [5.41, 5.74) is 0.839. The third-order valence-electron chi connectivity index (χ3n) is 3.67. The van der Waals surface area contributed by atoms with Gasteiger partial charge in [0.2, 0.25) is 5.91 Å². The number of para-hydroxylation sites is 1. The summed E-state index contributed by atoms with van der Waals surface area (Å²) >= 11 is 5.89. The Labute approximate surface area is 118 Å². The molecule has 19 heavy (non-hydrogen) atoms. The van der Waals surface area contributed by atoms with Crippen LogP contribution in [0, 0.1) is 5.92 Å². The first-order chi connectivity index (χ1) is 9.11. The minimum atomic E-state index is 0.120. The van der Waals surface area contributed by atoms with Crippen molar-refractivity contribution in [3.8, 4) is 5.75 Å². The molecule has 1 amide bonds. The van der Waals surface area contributed by atoms with Crippen molar-refractivity contribution in [1.82, 2.24) is 10.2 Å². The van der Waals surface area contributed by atoms with E-state index >= 15 is 0 Å². The summed E-state index contributed by atoms with van der Waals surface area (Å²) in [6, 6.07) is 5.40. The van der Waals surface area contributed by atoms with Crippen LogP contribution < -0.4 is 5.32 Å². The van der Waals surface area contributed by atoms with Crippen molar-refractivity contribution in [1.29, 1.82) is 0 Å². The molecule has 0 aliphatic carbocycles. The fourth-order valence-corrected chi connectivity index (χ4v) is 2.68. The molecular formula is C14H19ClN2O2. The van der Waals surface area contributed by atoms with Crippen LogP contribution in [0.5, 0.6) is 5.75 Å². The number of nitrogens with one attached hydrogen (secondary N) is 1. The highest BCUT2D eigenvalue weighted by Gasteiger charge is 2.24. The van der Waals surface area contributed by atoms with E-state index in [0.717, 1.165) is 31.5 Å². The summed E-state index contributed by atoms with van der Waals surface area (Å²) in [6.45, 7) is 2.40. The van der Waals surface area contributed by atoms with Gasteiger partial charge in [0.25, 0.3) is 0 Å². The van der Waals surface area contributed by atoms with Crippen LogP contribution in [-0.4, -0.2) is 36.1 Å². The third kappa shape index (κ3) is 3.39. The zero-order valence-corrected chi connectivity index (χ0v) is 11.8. The Hall–Kier alpha value is -1.26. The van der Waals surface area contributed by atoms with Gasteiger partial charge in [-0.1, -0.05) is 23.7 Å². The topological polar surface area (TPSA) is 52.6 Å². The summed E-state index contributed by atoms with van der Waals surface area (Å²) in [5.74, 6) is 0.414. The Kier molecular flexibility index (Phi) is 4.66. The average molecular weight is 283 g/mol. The van der Waals surface area contributed by atoms with Gasteiger partial charge in [0, 0.05) is 25.1 Å². The van der Waals surface area contributed by atoms with Gasteiger partial charge in [-0.05, 0) is 32.0 Å². The van der Waals surface area contributed by atoms with Crippen LogP contribution in [0.3, 0.4) is 0 Å². The molecule has 0 radical (unpaired) electrons. The number of phenolic OH excluding ortho intramolecular Hbond substituents is 1.